The van der Waals surface area contributed by atoms with Crippen LogP contribution in [0.4, 0.5) is 154 Å². The molecule has 37 heteroatoms. The van der Waals surface area contributed by atoms with Crippen LogP contribution in [-0.4, -0.2) is 113 Å². The monoisotopic (exact) mass is 955 g/mol. The highest BCUT2D eigenvalue weighted by molar-refractivity contribution is 5.84. The Morgan fingerprint density at radius 3 is 0.603 bits per heavy atom. The summed E-state index contributed by atoms with van der Waals surface area (Å²) in [6.07, 6.45) is -9.15. The highest BCUT2D eigenvalue weighted by Gasteiger charge is 3.02. The van der Waals surface area contributed by atoms with Gasteiger partial charge in [-0.15, -0.1) is 0 Å². The van der Waals surface area contributed by atoms with Gasteiger partial charge in [-0.05, 0) is 6.42 Å². The molecular weight excluding hydrogens is 947 g/mol. The third-order valence-corrected chi connectivity index (χ3v) is 7.09. The predicted octanol–water partition coefficient (Wildman–Crippen LogP) is 11.2. The number of hydrogen-bond donors (Lipinski definition) is 1. The molecule has 348 valence electrons. The molecule has 1 amide bonds. The Hall–Kier alpha value is -2.98. The lowest BCUT2D eigenvalue weighted by molar-refractivity contribution is -0.492. The highest BCUT2D eigenvalue weighted by Crippen LogP contribution is 2.70. The Kier molecular flexibility index (Phi) is 13.1. The van der Waals surface area contributed by atoms with E-state index < -0.39 is 120 Å². The first-order chi connectivity index (χ1) is 24.5. The number of alkyl halides is 35. The predicted molar refractivity (Wildman–Crippen MR) is 109 cm³/mol. The van der Waals surface area contributed by atoms with Crippen molar-refractivity contribution in [3.63, 3.8) is 0 Å². The third kappa shape index (κ3) is 6.29. The summed E-state index contributed by atoms with van der Waals surface area (Å²) in [5, 5.41) is 0.431. The summed E-state index contributed by atoms with van der Waals surface area (Å²) in [5.41, 5.74) is 0. The van der Waals surface area contributed by atoms with Crippen molar-refractivity contribution in [1.29, 1.82) is 0 Å². The molecule has 0 saturated carbocycles. The van der Waals surface area contributed by atoms with E-state index >= 15 is 0 Å². The Balaban J connectivity index is 7.79. The number of amides is 1. The average molecular weight is 955 g/mol. The molecule has 0 fully saturated rings. The van der Waals surface area contributed by atoms with Crippen LogP contribution in [-0.2, 0) is 4.79 Å². The minimum absolute atomic E-state index is 0.431. The van der Waals surface area contributed by atoms with E-state index in [0.717, 1.165) is 6.92 Å². The molecule has 0 aromatic rings. The van der Waals surface area contributed by atoms with Crippen LogP contribution < -0.4 is 5.32 Å². The summed E-state index contributed by atoms with van der Waals surface area (Å²) in [4.78, 5) is 11.0. The minimum Gasteiger partial charge on any atom is -0.351 e. The smallest absolute Gasteiger partial charge is 0.351 e. The number of halogens is 35. The van der Waals surface area contributed by atoms with Crippen LogP contribution in [0.25, 0.3) is 0 Å². The van der Waals surface area contributed by atoms with Gasteiger partial charge in [-0.1, -0.05) is 6.92 Å². The molecule has 0 atom stereocenters. The molecule has 0 aliphatic rings. The van der Waals surface area contributed by atoms with Crippen molar-refractivity contribution < 1.29 is 158 Å². The maximum atomic E-state index is 14.0. The van der Waals surface area contributed by atoms with Gasteiger partial charge >= 0.3 is 101 Å². The fourth-order valence-corrected chi connectivity index (χ4v) is 3.43. The number of nitrogens with one attached hydrogen (secondary N) is 1. The van der Waals surface area contributed by atoms with Crippen molar-refractivity contribution in [1.82, 2.24) is 5.32 Å². The van der Waals surface area contributed by atoms with Crippen LogP contribution in [0.3, 0.4) is 0 Å². The molecule has 0 saturated heterocycles. The molecule has 0 spiro atoms. The van der Waals surface area contributed by atoms with Crippen molar-refractivity contribution >= 4 is 5.91 Å². The van der Waals surface area contributed by atoms with E-state index in [1.54, 1.807) is 0 Å². The molecule has 0 unspecified atom stereocenters. The zero-order valence-corrected chi connectivity index (χ0v) is 25.6. The van der Waals surface area contributed by atoms with Crippen LogP contribution in [0.1, 0.15) is 13.3 Å². The van der Waals surface area contributed by atoms with Crippen LogP contribution in [0.2, 0.25) is 0 Å². The van der Waals surface area contributed by atoms with E-state index in [1.807, 2.05) is 0 Å². The second kappa shape index (κ2) is 13.8. The zero-order chi connectivity index (χ0) is 48.2. The van der Waals surface area contributed by atoms with Gasteiger partial charge in [0.05, 0.1) is 0 Å². The van der Waals surface area contributed by atoms with Crippen LogP contribution in [0.15, 0.2) is 0 Å². The molecule has 0 aliphatic carbocycles. The fraction of sp³-hybridized carbons (Fsp3) is 0.952. The standard InChI is InChI=1S/C21H8F35NO/c1-2-3-57-4(58)5(22,23)6(24,25)7(26,27)8(28,29)9(30,31)10(32,33)11(34,35)12(36,37)13(38,39)14(40,41)15(42,43)16(44,45)17(46,47)18(48,49)19(50,51)20(52,53)21(54,55)56/h2-3H2,1H3,(H,57,58). The molecule has 2 nitrogen and oxygen atoms in total. The summed E-state index contributed by atoms with van der Waals surface area (Å²) in [6.45, 7) is -0.613. The third-order valence-electron chi connectivity index (χ3n) is 7.09. The largest absolute Gasteiger partial charge is 0.460 e. The zero-order valence-electron chi connectivity index (χ0n) is 25.6. The van der Waals surface area contributed by atoms with Gasteiger partial charge in [0, 0.05) is 6.54 Å². The van der Waals surface area contributed by atoms with Crippen molar-refractivity contribution in [2.45, 2.75) is 114 Å². The average Bonchev–Trinajstić information content (AvgIpc) is 3.01. The summed E-state index contributed by atoms with van der Waals surface area (Å²) in [7, 11) is 0. The van der Waals surface area contributed by atoms with Gasteiger partial charge < -0.3 is 5.32 Å². The summed E-state index contributed by atoms with van der Waals surface area (Å²) in [5.74, 6) is -160. The Bertz CT molecular complexity index is 1500. The van der Waals surface area contributed by atoms with Crippen molar-refractivity contribution in [3.05, 3.63) is 0 Å². The number of carbonyl (C=O) groups excluding carboxylic acids is 1. The summed E-state index contributed by atoms with van der Waals surface area (Å²) < 4.78 is 475. The number of rotatable bonds is 18. The van der Waals surface area contributed by atoms with Crippen molar-refractivity contribution in [2.75, 3.05) is 6.54 Å². The molecule has 58 heavy (non-hydrogen) atoms. The maximum absolute atomic E-state index is 14.0. The molecule has 0 aromatic carbocycles. The van der Waals surface area contributed by atoms with Gasteiger partial charge in [0.1, 0.15) is 0 Å². The lowest BCUT2D eigenvalue weighted by Gasteiger charge is -2.47. The maximum Gasteiger partial charge on any atom is 0.460 e. The Morgan fingerprint density at radius 2 is 0.448 bits per heavy atom. The lowest BCUT2D eigenvalue weighted by atomic mass is 9.82. The van der Waals surface area contributed by atoms with E-state index in [0.29, 0.717) is 5.32 Å². The van der Waals surface area contributed by atoms with Gasteiger partial charge in [-0.2, -0.15) is 154 Å². The highest BCUT2D eigenvalue weighted by atomic mass is 19.4. The number of hydrogen-bond acceptors (Lipinski definition) is 1. The number of carbonyl (C=O) groups is 1. The Morgan fingerprint density at radius 1 is 0.293 bits per heavy atom. The molecule has 0 heterocycles. The van der Waals surface area contributed by atoms with Gasteiger partial charge in [0.2, 0.25) is 0 Å². The van der Waals surface area contributed by atoms with E-state index in [9.17, 15) is 158 Å². The molecule has 0 rings (SSSR count). The molecule has 0 aliphatic heterocycles. The van der Waals surface area contributed by atoms with Crippen molar-refractivity contribution in [3.8, 4) is 0 Å². The SMILES string of the molecule is CCCNC(=O)C(F)(F)C(F)(F)C(F)(F)C(F)(F)C(F)(F)C(F)(F)C(F)(F)C(F)(F)C(F)(F)C(F)(F)C(F)(F)C(F)(F)C(F)(F)C(F)(F)C(F)(F)C(F)(F)C(F)(F)F. The van der Waals surface area contributed by atoms with E-state index in [4.69, 9.17) is 0 Å². The second-order valence-corrected chi connectivity index (χ2v) is 10.9. The topological polar surface area (TPSA) is 29.1 Å². The van der Waals surface area contributed by atoms with Crippen molar-refractivity contribution in [2.24, 2.45) is 0 Å². The van der Waals surface area contributed by atoms with E-state index in [1.165, 1.54) is 0 Å². The summed E-state index contributed by atoms with van der Waals surface area (Å²) >= 11 is 0. The fourth-order valence-electron chi connectivity index (χ4n) is 3.43. The minimum atomic E-state index is -10.4. The van der Waals surface area contributed by atoms with Gasteiger partial charge in [0.25, 0.3) is 5.91 Å². The van der Waals surface area contributed by atoms with Crippen LogP contribution >= 0.6 is 0 Å². The van der Waals surface area contributed by atoms with Crippen LogP contribution in [0.5, 0.6) is 0 Å². The second-order valence-electron chi connectivity index (χ2n) is 10.9. The first-order valence-electron chi connectivity index (χ1n) is 12.9. The normalized spacial score (nSPS) is 16.8. The van der Waals surface area contributed by atoms with E-state index in [2.05, 4.69) is 0 Å². The molecule has 0 bridgehead atoms. The first-order valence-corrected chi connectivity index (χ1v) is 12.9. The molecule has 0 aromatic heterocycles. The first kappa shape index (κ1) is 55.0. The van der Waals surface area contributed by atoms with Gasteiger partial charge in [0.15, 0.2) is 0 Å². The Labute approximate surface area is 292 Å². The molecule has 1 N–H and O–H groups in total. The van der Waals surface area contributed by atoms with Gasteiger partial charge in [-0.25, -0.2) is 0 Å². The van der Waals surface area contributed by atoms with Gasteiger partial charge in [-0.3, -0.25) is 4.79 Å². The quantitative estimate of drug-likeness (QED) is 0.136. The van der Waals surface area contributed by atoms with E-state index in [-0.39, 0.29) is 0 Å². The molecule has 0 radical (unpaired) electrons. The molecular formula is C21H8F35NO. The van der Waals surface area contributed by atoms with Crippen LogP contribution in [0, 0.1) is 0 Å². The summed E-state index contributed by atoms with van der Waals surface area (Å²) in [6, 6.07) is 0. The lowest BCUT2D eigenvalue weighted by Crippen LogP contribution is -2.80.